The van der Waals surface area contributed by atoms with E-state index in [1.807, 2.05) is 18.2 Å². The minimum Gasteiger partial charge on any atom is -0.446 e. The molecule has 2 rings (SSSR count). The summed E-state index contributed by atoms with van der Waals surface area (Å²) in [4.78, 5) is 48.2. The van der Waals surface area contributed by atoms with Gasteiger partial charge in [0.25, 0.3) is 5.91 Å². The zero-order chi connectivity index (χ0) is 21.1. The molecule has 0 aromatic heterocycles. The summed E-state index contributed by atoms with van der Waals surface area (Å²) in [6.07, 6.45) is -1.20. The van der Waals surface area contributed by atoms with Crippen molar-refractivity contribution in [2.24, 2.45) is 0 Å². The van der Waals surface area contributed by atoms with E-state index in [9.17, 15) is 19.2 Å². The quantitative estimate of drug-likeness (QED) is 0.584. The van der Waals surface area contributed by atoms with Crippen molar-refractivity contribution in [3.05, 3.63) is 71.8 Å². The Morgan fingerprint density at radius 3 is 2.14 bits per heavy atom. The Bertz CT molecular complexity index is 840. The van der Waals surface area contributed by atoms with E-state index in [0.717, 1.165) is 5.56 Å². The Morgan fingerprint density at radius 1 is 0.897 bits per heavy atom. The van der Waals surface area contributed by atoms with E-state index in [1.54, 1.807) is 49.4 Å². The summed E-state index contributed by atoms with van der Waals surface area (Å²) in [7, 11) is 0. The maximum atomic E-state index is 12.4. The molecule has 0 bridgehead atoms. The first-order chi connectivity index (χ1) is 14.0. The van der Waals surface area contributed by atoms with E-state index in [-0.39, 0.29) is 12.3 Å². The van der Waals surface area contributed by atoms with Crippen molar-refractivity contribution in [1.82, 2.24) is 16.0 Å². The van der Waals surface area contributed by atoms with Gasteiger partial charge in [-0.3, -0.25) is 19.7 Å². The van der Waals surface area contributed by atoms with Crippen LogP contribution in [0.15, 0.2) is 60.7 Å². The average molecular weight is 397 g/mol. The van der Waals surface area contributed by atoms with Gasteiger partial charge in [-0.2, -0.15) is 0 Å². The summed E-state index contributed by atoms with van der Waals surface area (Å²) in [6, 6.07) is 16.7. The monoisotopic (exact) mass is 397 g/mol. The zero-order valence-corrected chi connectivity index (χ0v) is 16.0. The van der Waals surface area contributed by atoms with Crippen LogP contribution < -0.4 is 16.0 Å². The number of amides is 4. The van der Waals surface area contributed by atoms with Crippen LogP contribution in [-0.4, -0.2) is 36.9 Å². The first-order valence-electron chi connectivity index (χ1n) is 9.13. The maximum absolute atomic E-state index is 12.4. The molecule has 0 saturated carbocycles. The summed E-state index contributed by atoms with van der Waals surface area (Å²) in [5, 5.41) is 7.02. The molecule has 0 unspecified atom stereocenters. The molecule has 0 aliphatic rings. The van der Waals surface area contributed by atoms with Crippen LogP contribution in [0.2, 0.25) is 0 Å². The molecule has 0 saturated heterocycles. The second-order valence-corrected chi connectivity index (χ2v) is 6.07. The van der Waals surface area contributed by atoms with E-state index >= 15 is 0 Å². The lowest BCUT2D eigenvalue weighted by molar-refractivity contribution is -0.155. The van der Waals surface area contributed by atoms with Gasteiger partial charge in [-0.15, -0.1) is 0 Å². The van der Waals surface area contributed by atoms with Crippen LogP contribution in [0.1, 0.15) is 24.2 Å². The number of urea groups is 1. The lowest BCUT2D eigenvalue weighted by Crippen LogP contribution is -2.43. The standard InChI is InChI=1S/C21H23N3O5/c1-2-22-21(28)24-20(27)19(16-11-7-4-8-12-16)29-18(26)14-23-17(25)13-15-9-5-3-6-10-15/h3-12,19H,2,13-14H2,1H3,(H,23,25)(H2,22,24,27,28)/t19-/m0/s1. The molecule has 0 fully saturated rings. The summed E-state index contributed by atoms with van der Waals surface area (Å²) < 4.78 is 5.23. The smallest absolute Gasteiger partial charge is 0.326 e. The van der Waals surface area contributed by atoms with Gasteiger partial charge in [-0.25, -0.2) is 4.79 Å². The predicted octanol–water partition coefficient (Wildman–Crippen LogP) is 1.48. The fourth-order valence-electron chi connectivity index (χ4n) is 2.47. The van der Waals surface area contributed by atoms with E-state index in [4.69, 9.17) is 4.74 Å². The molecule has 0 spiro atoms. The molecule has 0 aliphatic heterocycles. The predicted molar refractivity (Wildman–Crippen MR) is 106 cm³/mol. The van der Waals surface area contributed by atoms with Crippen molar-refractivity contribution in [2.45, 2.75) is 19.4 Å². The largest absolute Gasteiger partial charge is 0.446 e. The first kappa shape index (κ1) is 21.6. The van der Waals surface area contributed by atoms with Gasteiger partial charge in [0.15, 0.2) is 0 Å². The van der Waals surface area contributed by atoms with E-state index in [1.165, 1.54) is 0 Å². The Hall–Kier alpha value is -3.68. The Morgan fingerprint density at radius 2 is 1.52 bits per heavy atom. The molecule has 0 radical (unpaired) electrons. The van der Waals surface area contributed by atoms with Gasteiger partial charge >= 0.3 is 12.0 Å². The van der Waals surface area contributed by atoms with Crippen LogP contribution in [0, 0.1) is 0 Å². The molecular weight excluding hydrogens is 374 g/mol. The minimum absolute atomic E-state index is 0.119. The minimum atomic E-state index is -1.32. The van der Waals surface area contributed by atoms with Crippen LogP contribution >= 0.6 is 0 Å². The van der Waals surface area contributed by atoms with E-state index in [2.05, 4.69) is 16.0 Å². The molecule has 2 aromatic carbocycles. The number of nitrogens with one attached hydrogen (secondary N) is 3. The zero-order valence-electron chi connectivity index (χ0n) is 16.0. The molecule has 4 amide bonds. The summed E-state index contributed by atoms with van der Waals surface area (Å²) >= 11 is 0. The number of hydrogen-bond donors (Lipinski definition) is 3. The maximum Gasteiger partial charge on any atom is 0.326 e. The molecule has 29 heavy (non-hydrogen) atoms. The summed E-state index contributed by atoms with van der Waals surface area (Å²) in [5.74, 6) is -1.94. The number of carbonyl (C=O) groups excluding carboxylic acids is 4. The van der Waals surface area contributed by atoms with Crippen molar-refractivity contribution < 1.29 is 23.9 Å². The van der Waals surface area contributed by atoms with E-state index < -0.39 is 30.6 Å². The van der Waals surface area contributed by atoms with Crippen LogP contribution in [0.25, 0.3) is 0 Å². The topological polar surface area (TPSA) is 114 Å². The third kappa shape index (κ3) is 7.45. The molecule has 1 atom stereocenters. The van der Waals surface area contributed by atoms with Gasteiger partial charge < -0.3 is 15.4 Å². The number of carbonyl (C=O) groups is 4. The highest BCUT2D eigenvalue weighted by molar-refractivity contribution is 5.98. The number of hydrogen-bond acceptors (Lipinski definition) is 5. The third-order valence-electron chi connectivity index (χ3n) is 3.80. The third-order valence-corrected chi connectivity index (χ3v) is 3.80. The van der Waals surface area contributed by atoms with Gasteiger partial charge in [-0.1, -0.05) is 60.7 Å². The first-order valence-corrected chi connectivity index (χ1v) is 9.13. The molecule has 2 aromatic rings. The van der Waals surface area contributed by atoms with Crippen molar-refractivity contribution in [1.29, 1.82) is 0 Å². The number of rotatable bonds is 8. The molecular formula is C21H23N3O5. The second-order valence-electron chi connectivity index (χ2n) is 6.07. The SMILES string of the molecule is CCNC(=O)NC(=O)[C@@H](OC(=O)CNC(=O)Cc1ccccc1)c1ccccc1. The van der Waals surface area contributed by atoms with Crippen molar-refractivity contribution in [3.63, 3.8) is 0 Å². The van der Waals surface area contributed by atoms with Crippen LogP contribution in [0.4, 0.5) is 4.79 Å². The number of ether oxygens (including phenoxy) is 1. The van der Waals surface area contributed by atoms with Gasteiger partial charge in [0, 0.05) is 12.1 Å². The molecule has 0 aliphatic carbocycles. The normalized spacial score (nSPS) is 11.1. The Kier molecular flexibility index (Phi) is 8.37. The fraction of sp³-hybridized carbons (Fsp3) is 0.238. The van der Waals surface area contributed by atoms with Gasteiger partial charge in [0.2, 0.25) is 12.0 Å². The molecule has 152 valence electrons. The molecule has 8 heteroatoms. The van der Waals surface area contributed by atoms with Crippen molar-refractivity contribution >= 4 is 23.8 Å². The molecule has 3 N–H and O–H groups in total. The number of esters is 1. The lowest BCUT2D eigenvalue weighted by Gasteiger charge is -2.18. The highest BCUT2D eigenvalue weighted by Gasteiger charge is 2.26. The molecule has 8 nitrogen and oxygen atoms in total. The highest BCUT2D eigenvalue weighted by Crippen LogP contribution is 2.17. The van der Waals surface area contributed by atoms with Crippen LogP contribution in [-0.2, 0) is 25.5 Å². The van der Waals surface area contributed by atoms with E-state index in [0.29, 0.717) is 12.1 Å². The average Bonchev–Trinajstić information content (AvgIpc) is 2.72. The summed E-state index contributed by atoms with van der Waals surface area (Å²) in [6.45, 7) is 1.64. The van der Waals surface area contributed by atoms with Crippen molar-refractivity contribution in [2.75, 3.05) is 13.1 Å². The second kappa shape index (κ2) is 11.2. The highest BCUT2D eigenvalue weighted by atomic mass is 16.5. The number of benzene rings is 2. The van der Waals surface area contributed by atoms with Crippen molar-refractivity contribution in [3.8, 4) is 0 Å². The van der Waals surface area contributed by atoms with Gasteiger partial charge in [0.05, 0.1) is 6.42 Å². The van der Waals surface area contributed by atoms with Crippen LogP contribution in [0.5, 0.6) is 0 Å². The fourth-order valence-corrected chi connectivity index (χ4v) is 2.47. The van der Waals surface area contributed by atoms with Gasteiger partial charge in [-0.05, 0) is 12.5 Å². The summed E-state index contributed by atoms with van der Waals surface area (Å²) in [5.41, 5.74) is 1.21. The van der Waals surface area contributed by atoms with Crippen LogP contribution in [0.3, 0.4) is 0 Å². The molecule has 0 heterocycles. The Labute approximate surface area is 168 Å². The Balaban J connectivity index is 1.95. The number of imide groups is 1. The lowest BCUT2D eigenvalue weighted by atomic mass is 10.1. The van der Waals surface area contributed by atoms with Gasteiger partial charge in [0.1, 0.15) is 6.54 Å².